The van der Waals surface area contributed by atoms with E-state index in [4.69, 9.17) is 11.6 Å². The summed E-state index contributed by atoms with van der Waals surface area (Å²) >= 11 is 9.44. The molecule has 0 fully saturated rings. The average molecular weight is 361 g/mol. The second kappa shape index (κ2) is 5.97. The van der Waals surface area contributed by atoms with Crippen LogP contribution in [-0.4, -0.2) is 37.4 Å². The van der Waals surface area contributed by atoms with Crippen LogP contribution in [0.2, 0.25) is 5.02 Å². The third kappa shape index (κ3) is 2.88. The molecule has 0 saturated carbocycles. The van der Waals surface area contributed by atoms with E-state index in [2.05, 4.69) is 26.1 Å². The Kier molecular flexibility index (Phi) is 4.49. The van der Waals surface area contributed by atoms with Gasteiger partial charge < -0.3 is 4.90 Å². The van der Waals surface area contributed by atoms with Crippen molar-refractivity contribution in [2.24, 2.45) is 7.05 Å². The molecule has 0 aliphatic carbocycles. The average Bonchev–Trinajstić information content (AvgIpc) is 2.92. The number of aromatic nitrogens is 4. The van der Waals surface area contributed by atoms with E-state index >= 15 is 0 Å². The van der Waals surface area contributed by atoms with E-state index in [0.29, 0.717) is 28.3 Å². The minimum absolute atomic E-state index is 0.169. The molecule has 0 aromatic carbocycles. The molecule has 0 spiro atoms. The van der Waals surface area contributed by atoms with E-state index in [1.54, 1.807) is 40.8 Å². The van der Waals surface area contributed by atoms with Crippen LogP contribution >= 0.6 is 27.5 Å². The van der Waals surface area contributed by atoms with Gasteiger partial charge in [0.05, 0.1) is 27.9 Å². The lowest BCUT2D eigenvalue weighted by Crippen LogP contribution is -2.28. The molecule has 0 aliphatic rings. The largest absolute Gasteiger partial charge is 0.334 e. The lowest BCUT2D eigenvalue weighted by molar-refractivity contribution is 0.0774. The maximum absolute atomic E-state index is 12.4. The molecule has 0 bridgehead atoms. The molecule has 8 heteroatoms. The van der Waals surface area contributed by atoms with E-state index in [1.165, 1.54) is 0 Å². The highest BCUT2D eigenvalue weighted by Gasteiger charge is 2.20. The van der Waals surface area contributed by atoms with Gasteiger partial charge in [-0.15, -0.1) is 0 Å². The molecule has 0 radical (unpaired) electrons. The van der Waals surface area contributed by atoms with Gasteiger partial charge in [0.2, 0.25) is 0 Å². The van der Waals surface area contributed by atoms with Crippen molar-refractivity contribution in [3.05, 3.63) is 33.3 Å². The Morgan fingerprint density at radius 1 is 1.55 bits per heavy atom. The minimum Gasteiger partial charge on any atom is -0.334 e. The molecule has 2 rings (SSSR count). The van der Waals surface area contributed by atoms with Crippen LogP contribution in [-0.2, 0) is 20.1 Å². The van der Waals surface area contributed by atoms with Crippen molar-refractivity contribution in [1.82, 2.24) is 24.5 Å². The van der Waals surface area contributed by atoms with Gasteiger partial charge in [-0.3, -0.25) is 14.2 Å². The van der Waals surface area contributed by atoms with Crippen molar-refractivity contribution in [1.29, 1.82) is 0 Å². The first-order valence-corrected chi connectivity index (χ1v) is 7.26. The van der Waals surface area contributed by atoms with Crippen LogP contribution in [0.4, 0.5) is 0 Å². The number of halogens is 2. The second-order valence-electron chi connectivity index (χ2n) is 4.42. The molecule has 6 nitrogen and oxygen atoms in total. The summed E-state index contributed by atoms with van der Waals surface area (Å²) < 4.78 is 4.04. The van der Waals surface area contributed by atoms with Gasteiger partial charge >= 0.3 is 0 Å². The van der Waals surface area contributed by atoms with Crippen LogP contribution in [0.1, 0.15) is 23.1 Å². The molecule has 0 saturated heterocycles. The fourth-order valence-corrected chi connectivity index (χ4v) is 2.65. The zero-order chi connectivity index (χ0) is 14.9. The number of carbonyl (C=O) groups excluding carboxylic acids is 1. The van der Waals surface area contributed by atoms with Gasteiger partial charge in [0.25, 0.3) is 5.91 Å². The highest BCUT2D eigenvalue weighted by molar-refractivity contribution is 9.10. The van der Waals surface area contributed by atoms with E-state index in [9.17, 15) is 4.79 Å². The number of amides is 1. The van der Waals surface area contributed by atoms with Gasteiger partial charge in [0.15, 0.2) is 5.69 Å². The monoisotopic (exact) mass is 359 g/mol. The maximum atomic E-state index is 12.4. The summed E-state index contributed by atoms with van der Waals surface area (Å²) in [6, 6.07) is 0. The summed E-state index contributed by atoms with van der Waals surface area (Å²) in [6.07, 6.45) is 3.33. The Morgan fingerprint density at radius 2 is 2.25 bits per heavy atom. The molecule has 0 atom stereocenters. The quantitative estimate of drug-likeness (QED) is 0.841. The molecule has 2 heterocycles. The summed E-state index contributed by atoms with van der Waals surface area (Å²) in [4.78, 5) is 13.9. The normalized spacial score (nSPS) is 10.8. The van der Waals surface area contributed by atoms with Crippen molar-refractivity contribution >= 4 is 33.4 Å². The van der Waals surface area contributed by atoms with Gasteiger partial charge in [-0.1, -0.05) is 11.6 Å². The molecule has 0 N–H and O–H groups in total. The van der Waals surface area contributed by atoms with E-state index < -0.39 is 0 Å². The Morgan fingerprint density at radius 3 is 2.80 bits per heavy atom. The standard InChI is InChI=1S/C12H15BrClN5O/c1-4-19-10(9(14)5-15-19)7-17(2)12(20)11-8(13)6-18(3)16-11/h5-6H,4,7H2,1-3H3. The van der Waals surface area contributed by atoms with Gasteiger partial charge in [0, 0.05) is 26.8 Å². The third-order valence-corrected chi connectivity index (χ3v) is 3.81. The molecule has 0 unspecified atom stereocenters. The first-order valence-electron chi connectivity index (χ1n) is 6.08. The first-order chi connectivity index (χ1) is 9.43. The molecular weight excluding hydrogens is 346 g/mol. The molecule has 1 amide bonds. The number of carbonyl (C=O) groups is 1. The molecule has 108 valence electrons. The summed E-state index contributed by atoms with van der Waals surface area (Å²) in [5.41, 5.74) is 1.20. The van der Waals surface area contributed by atoms with Crippen LogP contribution in [0.25, 0.3) is 0 Å². The van der Waals surface area contributed by atoms with Gasteiger partial charge in [-0.05, 0) is 22.9 Å². The third-order valence-electron chi connectivity index (χ3n) is 2.92. The molecule has 2 aromatic heterocycles. The first kappa shape index (κ1) is 15.1. The van der Waals surface area contributed by atoms with Crippen molar-refractivity contribution in [2.75, 3.05) is 7.05 Å². The zero-order valence-electron chi connectivity index (χ0n) is 11.5. The van der Waals surface area contributed by atoms with Crippen LogP contribution < -0.4 is 0 Å². The van der Waals surface area contributed by atoms with Gasteiger partial charge in [-0.25, -0.2) is 0 Å². The molecular formula is C12H15BrClN5O. The van der Waals surface area contributed by atoms with Crippen molar-refractivity contribution < 1.29 is 4.79 Å². The van der Waals surface area contributed by atoms with Crippen molar-refractivity contribution in [2.45, 2.75) is 20.0 Å². The van der Waals surface area contributed by atoms with Gasteiger partial charge in [-0.2, -0.15) is 10.2 Å². The highest BCUT2D eigenvalue weighted by Crippen LogP contribution is 2.20. The fraction of sp³-hybridized carbons (Fsp3) is 0.417. The lowest BCUT2D eigenvalue weighted by atomic mass is 10.3. The molecule has 0 aliphatic heterocycles. The zero-order valence-corrected chi connectivity index (χ0v) is 13.8. The van der Waals surface area contributed by atoms with Crippen molar-refractivity contribution in [3.63, 3.8) is 0 Å². The van der Waals surface area contributed by atoms with E-state index in [1.807, 2.05) is 6.92 Å². The topological polar surface area (TPSA) is 56.0 Å². The van der Waals surface area contributed by atoms with Crippen LogP contribution in [0.15, 0.2) is 16.9 Å². The summed E-state index contributed by atoms with van der Waals surface area (Å²) in [7, 11) is 3.48. The SMILES string of the molecule is CCn1ncc(Cl)c1CN(C)C(=O)c1nn(C)cc1Br. The number of hydrogen-bond acceptors (Lipinski definition) is 3. The van der Waals surface area contributed by atoms with Crippen LogP contribution in [0.5, 0.6) is 0 Å². The number of hydrogen-bond donors (Lipinski definition) is 0. The van der Waals surface area contributed by atoms with Crippen molar-refractivity contribution in [3.8, 4) is 0 Å². The Hall–Kier alpha value is -1.34. The second-order valence-corrected chi connectivity index (χ2v) is 5.68. The predicted molar refractivity (Wildman–Crippen MR) is 79.6 cm³/mol. The summed E-state index contributed by atoms with van der Waals surface area (Å²) in [5, 5.41) is 8.87. The van der Waals surface area contributed by atoms with Gasteiger partial charge in [0.1, 0.15) is 0 Å². The Labute approximate surface area is 130 Å². The van der Waals surface area contributed by atoms with Crippen LogP contribution in [0.3, 0.4) is 0 Å². The molecule has 20 heavy (non-hydrogen) atoms. The Balaban J connectivity index is 2.19. The summed E-state index contributed by atoms with van der Waals surface area (Å²) in [5.74, 6) is -0.169. The smallest absolute Gasteiger partial charge is 0.275 e. The predicted octanol–water partition coefficient (Wildman–Crippen LogP) is 2.32. The number of rotatable bonds is 4. The maximum Gasteiger partial charge on any atom is 0.275 e. The van der Waals surface area contributed by atoms with E-state index in [0.717, 1.165) is 5.69 Å². The van der Waals surface area contributed by atoms with Crippen LogP contribution in [0, 0.1) is 0 Å². The minimum atomic E-state index is -0.169. The fourth-order valence-electron chi connectivity index (χ4n) is 1.90. The van der Waals surface area contributed by atoms with E-state index in [-0.39, 0.29) is 5.91 Å². The highest BCUT2D eigenvalue weighted by atomic mass is 79.9. The number of nitrogens with zero attached hydrogens (tertiary/aromatic N) is 5. The number of aryl methyl sites for hydroxylation is 2. The lowest BCUT2D eigenvalue weighted by Gasteiger charge is -2.17. The molecule has 2 aromatic rings. The summed E-state index contributed by atoms with van der Waals surface area (Å²) in [6.45, 7) is 3.07. The Bertz CT molecular complexity index is 636.